The van der Waals surface area contributed by atoms with Gasteiger partial charge < -0.3 is 15.0 Å². The average Bonchev–Trinajstić information content (AvgIpc) is 3.23. The van der Waals surface area contributed by atoms with E-state index in [2.05, 4.69) is 10.3 Å². The normalized spacial score (nSPS) is 13.8. The summed E-state index contributed by atoms with van der Waals surface area (Å²) in [6, 6.07) is 10.2. The Balaban J connectivity index is 1.88. The largest absolute Gasteiger partial charge is 0.495 e. The molecule has 2 aromatic carbocycles. The number of halogens is 1. The molecule has 0 aliphatic carbocycles. The standard InChI is InChI=1S/C22H22FN3O2/c1-14-5-8-20(28-2)19(11-14)25-21-16-12-15(23)6-7-18(16)24-13-17(21)22(27)26-9-3-4-10-26/h5-8,11-13H,3-4,9-10H2,1-2H3,(H,24,25). The maximum atomic E-state index is 14.0. The zero-order valence-electron chi connectivity index (χ0n) is 16.0. The summed E-state index contributed by atoms with van der Waals surface area (Å²) in [5, 5.41) is 3.89. The van der Waals surface area contributed by atoms with Crippen LogP contribution in [-0.2, 0) is 0 Å². The van der Waals surface area contributed by atoms with Crippen LogP contribution in [0, 0.1) is 12.7 Å². The maximum absolute atomic E-state index is 14.0. The molecule has 0 spiro atoms. The molecule has 1 amide bonds. The molecule has 1 fully saturated rings. The Hall–Kier alpha value is -3.15. The Kier molecular flexibility index (Phi) is 4.86. The molecule has 1 aromatic heterocycles. The molecule has 0 radical (unpaired) electrons. The molecule has 0 atom stereocenters. The van der Waals surface area contributed by atoms with E-state index < -0.39 is 0 Å². The van der Waals surface area contributed by atoms with Gasteiger partial charge in [0.05, 0.1) is 29.6 Å². The van der Waals surface area contributed by atoms with Gasteiger partial charge in [-0.1, -0.05) is 6.07 Å². The number of fused-ring (bicyclic) bond motifs is 1. The Morgan fingerprint density at radius 2 is 1.96 bits per heavy atom. The Morgan fingerprint density at radius 3 is 2.71 bits per heavy atom. The SMILES string of the molecule is COc1ccc(C)cc1Nc1c(C(=O)N2CCCC2)cnc2ccc(F)cc12. The summed E-state index contributed by atoms with van der Waals surface area (Å²) in [6.07, 6.45) is 3.57. The van der Waals surface area contributed by atoms with E-state index in [9.17, 15) is 9.18 Å². The second-order valence-electron chi connectivity index (χ2n) is 7.04. The van der Waals surface area contributed by atoms with Gasteiger partial charge in [-0.25, -0.2) is 4.39 Å². The highest BCUT2D eigenvalue weighted by Crippen LogP contribution is 2.35. The van der Waals surface area contributed by atoms with E-state index in [-0.39, 0.29) is 11.7 Å². The summed E-state index contributed by atoms with van der Waals surface area (Å²) in [7, 11) is 1.59. The van der Waals surface area contributed by atoms with Crippen LogP contribution in [-0.4, -0.2) is 36.0 Å². The number of benzene rings is 2. The first-order valence-corrected chi connectivity index (χ1v) is 9.36. The third-order valence-corrected chi connectivity index (χ3v) is 5.07. The lowest BCUT2D eigenvalue weighted by atomic mass is 10.1. The lowest BCUT2D eigenvalue weighted by Gasteiger charge is -2.20. The minimum atomic E-state index is -0.376. The molecule has 0 unspecified atom stereocenters. The molecule has 2 heterocycles. The highest BCUT2D eigenvalue weighted by molar-refractivity contribution is 6.08. The number of ether oxygens (including phenoxy) is 1. The van der Waals surface area contributed by atoms with E-state index in [4.69, 9.17) is 4.74 Å². The summed E-state index contributed by atoms with van der Waals surface area (Å²) >= 11 is 0. The van der Waals surface area contributed by atoms with Crippen LogP contribution < -0.4 is 10.1 Å². The van der Waals surface area contributed by atoms with Crippen LogP contribution in [0.1, 0.15) is 28.8 Å². The first-order chi connectivity index (χ1) is 13.6. The fraction of sp³-hybridized carbons (Fsp3) is 0.273. The number of amides is 1. The van der Waals surface area contributed by atoms with Crippen molar-refractivity contribution in [3.8, 4) is 5.75 Å². The van der Waals surface area contributed by atoms with Crippen molar-refractivity contribution >= 4 is 28.2 Å². The summed E-state index contributed by atoms with van der Waals surface area (Å²) in [6.45, 7) is 3.44. The van der Waals surface area contributed by atoms with Gasteiger partial charge in [-0.2, -0.15) is 0 Å². The number of aromatic nitrogens is 1. The van der Waals surface area contributed by atoms with Crippen molar-refractivity contribution in [2.75, 3.05) is 25.5 Å². The molecule has 4 rings (SSSR count). The Labute approximate surface area is 163 Å². The van der Waals surface area contributed by atoms with Crippen LogP contribution in [0.15, 0.2) is 42.6 Å². The van der Waals surface area contributed by atoms with Crippen molar-refractivity contribution in [1.82, 2.24) is 9.88 Å². The number of aryl methyl sites for hydroxylation is 1. The molecule has 0 bridgehead atoms. The number of likely N-dealkylation sites (tertiary alicyclic amines) is 1. The first kappa shape index (κ1) is 18.2. The van der Waals surface area contributed by atoms with E-state index in [1.54, 1.807) is 19.4 Å². The average molecular weight is 379 g/mol. The number of rotatable bonds is 4. The highest BCUT2D eigenvalue weighted by atomic mass is 19.1. The van der Waals surface area contributed by atoms with E-state index in [1.807, 2.05) is 30.0 Å². The zero-order chi connectivity index (χ0) is 19.7. The van der Waals surface area contributed by atoms with Gasteiger partial charge in [-0.3, -0.25) is 9.78 Å². The molecule has 3 aromatic rings. The Morgan fingerprint density at radius 1 is 1.18 bits per heavy atom. The number of pyridine rings is 1. The molecule has 0 saturated carbocycles. The van der Waals surface area contributed by atoms with Crippen molar-refractivity contribution in [2.45, 2.75) is 19.8 Å². The van der Waals surface area contributed by atoms with Crippen LogP contribution in [0.4, 0.5) is 15.8 Å². The lowest BCUT2D eigenvalue weighted by molar-refractivity contribution is 0.0793. The molecule has 1 saturated heterocycles. The maximum Gasteiger partial charge on any atom is 0.257 e. The third kappa shape index (κ3) is 3.38. The third-order valence-electron chi connectivity index (χ3n) is 5.07. The van der Waals surface area contributed by atoms with E-state index in [0.29, 0.717) is 27.9 Å². The van der Waals surface area contributed by atoms with Crippen LogP contribution in [0.3, 0.4) is 0 Å². The van der Waals surface area contributed by atoms with Gasteiger partial charge in [0.25, 0.3) is 5.91 Å². The van der Waals surface area contributed by atoms with Crippen LogP contribution in [0.2, 0.25) is 0 Å². The van der Waals surface area contributed by atoms with Gasteiger partial charge in [0.2, 0.25) is 0 Å². The molecule has 6 heteroatoms. The number of hydrogen-bond donors (Lipinski definition) is 1. The molecule has 28 heavy (non-hydrogen) atoms. The van der Waals surface area contributed by atoms with E-state index >= 15 is 0 Å². The van der Waals surface area contributed by atoms with Gasteiger partial charge in [0, 0.05) is 24.7 Å². The summed E-state index contributed by atoms with van der Waals surface area (Å²) in [5.74, 6) is 0.177. The number of nitrogens with one attached hydrogen (secondary N) is 1. The molecular formula is C22H22FN3O2. The first-order valence-electron chi connectivity index (χ1n) is 9.36. The second kappa shape index (κ2) is 7.46. The number of carbonyl (C=O) groups is 1. The predicted octanol–water partition coefficient (Wildman–Crippen LogP) is 4.67. The monoisotopic (exact) mass is 379 g/mol. The van der Waals surface area contributed by atoms with Gasteiger partial charge in [0.1, 0.15) is 11.6 Å². The van der Waals surface area contributed by atoms with Crippen LogP contribution >= 0.6 is 0 Å². The van der Waals surface area contributed by atoms with Crippen molar-refractivity contribution in [3.05, 3.63) is 59.5 Å². The number of methoxy groups -OCH3 is 1. The van der Waals surface area contributed by atoms with Crippen molar-refractivity contribution in [2.24, 2.45) is 0 Å². The molecule has 5 nitrogen and oxygen atoms in total. The van der Waals surface area contributed by atoms with E-state index in [0.717, 1.165) is 37.2 Å². The van der Waals surface area contributed by atoms with Crippen molar-refractivity contribution in [3.63, 3.8) is 0 Å². The van der Waals surface area contributed by atoms with Gasteiger partial charge in [0.15, 0.2) is 0 Å². The van der Waals surface area contributed by atoms with Gasteiger partial charge >= 0.3 is 0 Å². The lowest BCUT2D eigenvalue weighted by Crippen LogP contribution is -2.28. The Bertz CT molecular complexity index is 1050. The summed E-state index contributed by atoms with van der Waals surface area (Å²) in [4.78, 5) is 19.3. The number of anilines is 2. The second-order valence-corrected chi connectivity index (χ2v) is 7.04. The fourth-order valence-corrected chi connectivity index (χ4v) is 3.61. The molecule has 144 valence electrons. The fourth-order valence-electron chi connectivity index (χ4n) is 3.61. The minimum absolute atomic E-state index is 0.0923. The highest BCUT2D eigenvalue weighted by Gasteiger charge is 2.24. The number of hydrogen-bond acceptors (Lipinski definition) is 4. The molecular weight excluding hydrogens is 357 g/mol. The predicted molar refractivity (Wildman–Crippen MR) is 108 cm³/mol. The molecule has 1 N–H and O–H groups in total. The van der Waals surface area contributed by atoms with Crippen LogP contribution in [0.25, 0.3) is 10.9 Å². The van der Waals surface area contributed by atoms with Crippen LogP contribution in [0.5, 0.6) is 5.75 Å². The topological polar surface area (TPSA) is 54.5 Å². The van der Waals surface area contributed by atoms with Gasteiger partial charge in [-0.05, 0) is 55.7 Å². The molecule has 1 aliphatic rings. The molecule has 1 aliphatic heterocycles. The van der Waals surface area contributed by atoms with Gasteiger partial charge in [-0.15, -0.1) is 0 Å². The van der Waals surface area contributed by atoms with E-state index in [1.165, 1.54) is 12.1 Å². The number of carbonyl (C=O) groups excluding carboxylic acids is 1. The zero-order valence-corrected chi connectivity index (χ0v) is 16.0. The minimum Gasteiger partial charge on any atom is -0.495 e. The quantitative estimate of drug-likeness (QED) is 0.716. The summed E-state index contributed by atoms with van der Waals surface area (Å²) < 4.78 is 19.5. The summed E-state index contributed by atoms with van der Waals surface area (Å²) in [5.41, 5.74) is 3.36. The number of nitrogens with zero attached hydrogens (tertiary/aromatic N) is 2. The smallest absolute Gasteiger partial charge is 0.257 e. The van der Waals surface area contributed by atoms with Crippen molar-refractivity contribution < 1.29 is 13.9 Å². The van der Waals surface area contributed by atoms with Crippen molar-refractivity contribution in [1.29, 1.82) is 0 Å².